The molecule has 0 aromatic heterocycles. The number of aryl methyl sites for hydroxylation is 1. The molecule has 0 saturated carbocycles. The third-order valence-corrected chi connectivity index (χ3v) is 5.66. The number of nitrogens with one attached hydrogen (secondary N) is 2. The van der Waals surface area contributed by atoms with Crippen LogP contribution in [0.3, 0.4) is 0 Å². The minimum atomic E-state index is -3.65. The Morgan fingerprint density at radius 3 is 2.32 bits per heavy atom. The summed E-state index contributed by atoms with van der Waals surface area (Å²) in [6.07, 6.45) is 0. The van der Waals surface area contributed by atoms with Crippen molar-refractivity contribution in [3.63, 3.8) is 0 Å². The van der Waals surface area contributed by atoms with Crippen LogP contribution in [0.15, 0.2) is 47.4 Å². The Labute approximate surface area is 169 Å². The van der Waals surface area contributed by atoms with Crippen molar-refractivity contribution >= 4 is 39.2 Å². The SMILES string of the molecule is Cc1ccc(NC(=O)COC(=O)c2ccc(S(=O)(=O)NC(C)C)cc2)cc1Cl. The molecular formula is C19H21ClN2O5S. The monoisotopic (exact) mass is 424 g/mol. The van der Waals surface area contributed by atoms with E-state index in [2.05, 4.69) is 10.0 Å². The molecule has 2 N–H and O–H groups in total. The molecule has 1 amide bonds. The van der Waals surface area contributed by atoms with Gasteiger partial charge in [-0.3, -0.25) is 4.79 Å². The van der Waals surface area contributed by atoms with Crippen LogP contribution in [0, 0.1) is 6.92 Å². The Kier molecular flexibility index (Phi) is 7.17. The molecule has 0 bridgehead atoms. The van der Waals surface area contributed by atoms with E-state index in [1.807, 2.05) is 6.92 Å². The van der Waals surface area contributed by atoms with Crippen LogP contribution in [0.2, 0.25) is 5.02 Å². The molecule has 0 unspecified atom stereocenters. The molecule has 0 heterocycles. The molecule has 28 heavy (non-hydrogen) atoms. The molecule has 0 aliphatic carbocycles. The summed E-state index contributed by atoms with van der Waals surface area (Å²) in [7, 11) is -3.65. The second kappa shape index (κ2) is 9.18. The summed E-state index contributed by atoms with van der Waals surface area (Å²) in [5.41, 5.74) is 1.50. The number of halogens is 1. The number of ether oxygens (including phenoxy) is 1. The van der Waals surface area contributed by atoms with E-state index in [4.69, 9.17) is 16.3 Å². The summed E-state index contributed by atoms with van der Waals surface area (Å²) < 4.78 is 31.5. The molecule has 2 aromatic carbocycles. The molecule has 0 aliphatic heterocycles. The van der Waals surface area contributed by atoms with Gasteiger partial charge >= 0.3 is 5.97 Å². The zero-order valence-electron chi connectivity index (χ0n) is 15.7. The highest BCUT2D eigenvalue weighted by molar-refractivity contribution is 7.89. The molecule has 150 valence electrons. The van der Waals surface area contributed by atoms with Crippen LogP contribution in [-0.4, -0.2) is 32.9 Å². The van der Waals surface area contributed by atoms with Crippen LogP contribution in [0.1, 0.15) is 29.8 Å². The van der Waals surface area contributed by atoms with Crippen LogP contribution in [0.25, 0.3) is 0 Å². The number of carbonyl (C=O) groups is 2. The Balaban J connectivity index is 1.93. The molecule has 0 fully saturated rings. The lowest BCUT2D eigenvalue weighted by Crippen LogP contribution is -2.30. The minimum absolute atomic E-state index is 0.0340. The first-order valence-corrected chi connectivity index (χ1v) is 10.3. The van der Waals surface area contributed by atoms with E-state index < -0.39 is 28.5 Å². The first kappa shape index (κ1) is 21.9. The van der Waals surface area contributed by atoms with Crippen molar-refractivity contribution in [1.82, 2.24) is 4.72 Å². The highest BCUT2D eigenvalue weighted by Gasteiger charge is 2.17. The van der Waals surface area contributed by atoms with Gasteiger partial charge in [0, 0.05) is 16.8 Å². The smallest absolute Gasteiger partial charge is 0.338 e. The van der Waals surface area contributed by atoms with Crippen LogP contribution in [0.4, 0.5) is 5.69 Å². The standard InChI is InChI=1S/C19H21ClN2O5S/c1-12(2)22-28(25,26)16-8-5-14(6-9-16)19(24)27-11-18(23)21-15-7-4-13(3)17(20)10-15/h4-10,12,22H,11H2,1-3H3,(H,21,23). The number of anilines is 1. The second-order valence-corrected chi connectivity index (χ2v) is 8.51. The van der Waals surface area contributed by atoms with Crippen LogP contribution in [-0.2, 0) is 19.6 Å². The average molecular weight is 425 g/mol. The van der Waals surface area contributed by atoms with E-state index >= 15 is 0 Å². The maximum Gasteiger partial charge on any atom is 0.338 e. The maximum atomic E-state index is 12.1. The summed E-state index contributed by atoms with van der Waals surface area (Å²) in [4.78, 5) is 24.0. The number of benzene rings is 2. The molecule has 2 aromatic rings. The highest BCUT2D eigenvalue weighted by atomic mass is 35.5. The maximum absolute atomic E-state index is 12.1. The van der Waals surface area contributed by atoms with Gasteiger partial charge in [0.15, 0.2) is 6.61 Å². The van der Waals surface area contributed by atoms with Crippen LogP contribution < -0.4 is 10.0 Å². The van der Waals surface area contributed by atoms with Gasteiger partial charge in [-0.2, -0.15) is 0 Å². The summed E-state index contributed by atoms with van der Waals surface area (Å²) in [6.45, 7) is 4.77. The summed E-state index contributed by atoms with van der Waals surface area (Å²) in [5, 5.41) is 3.09. The summed E-state index contributed by atoms with van der Waals surface area (Å²) in [6, 6.07) is 10.0. The zero-order valence-corrected chi connectivity index (χ0v) is 17.2. The number of rotatable bonds is 7. The Morgan fingerprint density at radius 2 is 1.75 bits per heavy atom. The van der Waals surface area contributed by atoms with E-state index in [9.17, 15) is 18.0 Å². The van der Waals surface area contributed by atoms with E-state index in [0.29, 0.717) is 10.7 Å². The van der Waals surface area contributed by atoms with Gasteiger partial charge in [-0.25, -0.2) is 17.9 Å². The molecular weight excluding hydrogens is 404 g/mol. The van der Waals surface area contributed by atoms with Crippen molar-refractivity contribution in [2.75, 3.05) is 11.9 Å². The second-order valence-electron chi connectivity index (χ2n) is 6.39. The normalized spacial score (nSPS) is 11.3. The van der Waals surface area contributed by atoms with Gasteiger partial charge in [0.2, 0.25) is 10.0 Å². The highest BCUT2D eigenvalue weighted by Crippen LogP contribution is 2.20. The fourth-order valence-corrected chi connectivity index (χ4v) is 3.66. The van der Waals surface area contributed by atoms with Crippen molar-refractivity contribution in [3.05, 3.63) is 58.6 Å². The number of hydrogen-bond acceptors (Lipinski definition) is 5. The van der Waals surface area contributed by atoms with Crippen molar-refractivity contribution in [2.24, 2.45) is 0 Å². The Hall–Kier alpha value is -2.42. The average Bonchev–Trinajstić information content (AvgIpc) is 2.62. The van der Waals surface area contributed by atoms with Gasteiger partial charge in [0.1, 0.15) is 0 Å². The van der Waals surface area contributed by atoms with Crippen molar-refractivity contribution in [2.45, 2.75) is 31.7 Å². The molecule has 0 saturated heterocycles. The number of amides is 1. The fraction of sp³-hybridized carbons (Fsp3) is 0.263. The molecule has 9 heteroatoms. The lowest BCUT2D eigenvalue weighted by Gasteiger charge is -2.10. The molecule has 0 radical (unpaired) electrons. The third-order valence-electron chi connectivity index (χ3n) is 3.58. The molecule has 0 aliphatic rings. The van der Waals surface area contributed by atoms with Gasteiger partial charge in [-0.05, 0) is 62.7 Å². The zero-order chi connectivity index (χ0) is 20.9. The number of esters is 1. The van der Waals surface area contributed by atoms with E-state index in [-0.39, 0.29) is 16.5 Å². The lowest BCUT2D eigenvalue weighted by atomic mass is 10.2. The molecule has 7 nitrogen and oxygen atoms in total. The number of carbonyl (C=O) groups excluding carboxylic acids is 2. The molecule has 2 rings (SSSR count). The molecule has 0 atom stereocenters. The van der Waals surface area contributed by atoms with E-state index in [1.54, 1.807) is 32.0 Å². The number of hydrogen-bond donors (Lipinski definition) is 2. The predicted octanol–water partition coefficient (Wildman–Crippen LogP) is 3.13. The quantitative estimate of drug-likeness (QED) is 0.665. The fourth-order valence-electron chi connectivity index (χ4n) is 2.23. The minimum Gasteiger partial charge on any atom is -0.452 e. The molecule has 0 spiro atoms. The summed E-state index contributed by atoms with van der Waals surface area (Å²) >= 11 is 5.99. The third kappa shape index (κ3) is 6.05. The van der Waals surface area contributed by atoms with Crippen LogP contribution >= 0.6 is 11.6 Å². The Bertz CT molecular complexity index is 972. The topological polar surface area (TPSA) is 102 Å². The predicted molar refractivity (Wildman–Crippen MR) is 107 cm³/mol. The van der Waals surface area contributed by atoms with Gasteiger partial charge in [-0.15, -0.1) is 0 Å². The van der Waals surface area contributed by atoms with Crippen molar-refractivity contribution < 1.29 is 22.7 Å². The number of sulfonamides is 1. The van der Waals surface area contributed by atoms with Crippen LogP contribution in [0.5, 0.6) is 0 Å². The van der Waals surface area contributed by atoms with Crippen molar-refractivity contribution in [3.8, 4) is 0 Å². The van der Waals surface area contributed by atoms with Gasteiger partial charge in [-0.1, -0.05) is 17.7 Å². The first-order chi connectivity index (χ1) is 13.1. The van der Waals surface area contributed by atoms with Gasteiger partial charge < -0.3 is 10.1 Å². The lowest BCUT2D eigenvalue weighted by molar-refractivity contribution is -0.119. The van der Waals surface area contributed by atoms with Gasteiger partial charge in [0.05, 0.1) is 10.5 Å². The van der Waals surface area contributed by atoms with Gasteiger partial charge in [0.25, 0.3) is 5.91 Å². The largest absolute Gasteiger partial charge is 0.452 e. The first-order valence-electron chi connectivity index (χ1n) is 8.44. The summed E-state index contributed by atoms with van der Waals surface area (Å²) in [5.74, 6) is -1.26. The Morgan fingerprint density at radius 1 is 1.11 bits per heavy atom. The van der Waals surface area contributed by atoms with E-state index in [0.717, 1.165) is 5.56 Å². The van der Waals surface area contributed by atoms with Crippen molar-refractivity contribution in [1.29, 1.82) is 0 Å². The van der Waals surface area contributed by atoms with E-state index in [1.165, 1.54) is 24.3 Å².